The molecule has 0 atom stereocenters. The van der Waals surface area contributed by atoms with Gasteiger partial charge in [-0.15, -0.1) is 5.10 Å². The highest BCUT2D eigenvalue weighted by molar-refractivity contribution is 5.90. The number of nitrogen functional groups attached to an aromatic ring is 1. The van der Waals surface area contributed by atoms with Crippen LogP contribution in [0.3, 0.4) is 0 Å². The fraction of sp³-hybridized carbons (Fsp3) is 0.333. The second-order valence-corrected chi connectivity index (χ2v) is 6.18. The van der Waals surface area contributed by atoms with Crippen LogP contribution in [0.1, 0.15) is 26.3 Å². The lowest BCUT2D eigenvalue weighted by atomic mass is 10.1. The van der Waals surface area contributed by atoms with E-state index in [0.29, 0.717) is 0 Å². The molecule has 0 spiro atoms. The summed E-state index contributed by atoms with van der Waals surface area (Å²) in [5.74, 6) is -0.0928. The average Bonchev–Trinajstić information content (AvgIpc) is 2.78. The summed E-state index contributed by atoms with van der Waals surface area (Å²) in [7, 11) is 0. The Morgan fingerprint density at radius 2 is 1.92 bits per heavy atom. The molecule has 0 saturated heterocycles. The van der Waals surface area contributed by atoms with E-state index in [1.54, 1.807) is 20.8 Å². The first-order valence-electron chi connectivity index (χ1n) is 6.97. The van der Waals surface area contributed by atoms with Crippen LogP contribution in [0.15, 0.2) is 30.5 Å². The van der Waals surface area contributed by atoms with Crippen LogP contribution in [0.5, 0.6) is 0 Å². The quantitative estimate of drug-likeness (QED) is 0.870. The zero-order valence-corrected chi connectivity index (χ0v) is 13.3. The standard InChI is InChI=1S/C15H17F3N4O2/c1-14(2,3)22(13(23)24)11-8-21(20-12(11)19)10-6-4-5-9(7-10)15(16,17)18/h4-8H,1-3H3,(H2,19,20)(H,23,24). The fourth-order valence-corrected chi connectivity index (χ4v) is 2.26. The number of amides is 1. The first-order chi connectivity index (χ1) is 10.9. The van der Waals surface area contributed by atoms with Crippen molar-refractivity contribution >= 4 is 17.6 Å². The number of aromatic nitrogens is 2. The van der Waals surface area contributed by atoms with Crippen LogP contribution in [0.2, 0.25) is 0 Å². The van der Waals surface area contributed by atoms with Gasteiger partial charge in [0.2, 0.25) is 0 Å². The zero-order chi connectivity index (χ0) is 18.3. The first kappa shape index (κ1) is 17.6. The SMILES string of the molecule is CC(C)(C)N(C(=O)O)c1cn(-c2cccc(C(F)(F)F)c2)nc1N. The number of carbonyl (C=O) groups is 1. The van der Waals surface area contributed by atoms with Crippen molar-refractivity contribution in [2.24, 2.45) is 0 Å². The Balaban J connectivity index is 2.51. The van der Waals surface area contributed by atoms with Crippen molar-refractivity contribution < 1.29 is 23.1 Å². The van der Waals surface area contributed by atoms with E-state index in [0.717, 1.165) is 21.7 Å². The molecule has 6 nitrogen and oxygen atoms in total. The fourth-order valence-electron chi connectivity index (χ4n) is 2.26. The number of nitrogens with zero attached hydrogens (tertiary/aromatic N) is 3. The van der Waals surface area contributed by atoms with Crippen molar-refractivity contribution in [2.45, 2.75) is 32.5 Å². The molecular weight excluding hydrogens is 325 g/mol. The summed E-state index contributed by atoms with van der Waals surface area (Å²) in [5, 5.41) is 13.3. The Morgan fingerprint density at radius 1 is 1.29 bits per heavy atom. The topological polar surface area (TPSA) is 84.4 Å². The molecule has 1 aromatic carbocycles. The van der Waals surface area contributed by atoms with E-state index in [-0.39, 0.29) is 17.2 Å². The molecular formula is C15H17F3N4O2. The third-order valence-corrected chi connectivity index (χ3v) is 3.26. The number of nitrogens with two attached hydrogens (primary N) is 1. The largest absolute Gasteiger partial charge is 0.465 e. The van der Waals surface area contributed by atoms with Crippen molar-refractivity contribution in [3.05, 3.63) is 36.0 Å². The highest BCUT2D eigenvalue weighted by atomic mass is 19.4. The summed E-state index contributed by atoms with van der Waals surface area (Å²) in [6, 6.07) is 4.52. The van der Waals surface area contributed by atoms with Crippen molar-refractivity contribution in [1.29, 1.82) is 0 Å². The maximum absolute atomic E-state index is 12.8. The Labute approximate surface area is 136 Å². The molecule has 9 heteroatoms. The number of alkyl halides is 3. The Bertz CT molecular complexity index is 763. The highest BCUT2D eigenvalue weighted by Crippen LogP contribution is 2.32. The van der Waals surface area contributed by atoms with E-state index in [2.05, 4.69) is 5.10 Å². The molecule has 2 rings (SSSR count). The van der Waals surface area contributed by atoms with Crippen LogP contribution in [0.25, 0.3) is 5.69 Å². The van der Waals surface area contributed by atoms with Gasteiger partial charge < -0.3 is 10.8 Å². The molecule has 0 saturated carbocycles. The van der Waals surface area contributed by atoms with E-state index < -0.39 is 23.4 Å². The molecule has 1 aromatic heterocycles. The molecule has 0 aliphatic rings. The van der Waals surface area contributed by atoms with Gasteiger partial charge in [-0.2, -0.15) is 13.2 Å². The first-order valence-corrected chi connectivity index (χ1v) is 6.97. The summed E-state index contributed by atoms with van der Waals surface area (Å²) >= 11 is 0. The second kappa shape index (κ2) is 5.73. The van der Waals surface area contributed by atoms with Gasteiger partial charge in [-0.25, -0.2) is 9.48 Å². The summed E-state index contributed by atoms with van der Waals surface area (Å²) in [6.45, 7) is 5.01. The van der Waals surface area contributed by atoms with Crippen LogP contribution in [-0.4, -0.2) is 26.5 Å². The van der Waals surface area contributed by atoms with Crippen LogP contribution < -0.4 is 10.6 Å². The van der Waals surface area contributed by atoms with E-state index in [1.807, 2.05) is 0 Å². The van der Waals surface area contributed by atoms with Crippen LogP contribution >= 0.6 is 0 Å². The lowest BCUT2D eigenvalue weighted by Crippen LogP contribution is -2.45. The minimum atomic E-state index is -4.49. The summed E-state index contributed by atoms with van der Waals surface area (Å²) in [4.78, 5) is 12.5. The molecule has 0 fully saturated rings. The lowest BCUT2D eigenvalue weighted by molar-refractivity contribution is -0.137. The van der Waals surface area contributed by atoms with Crippen LogP contribution in [0.4, 0.5) is 29.5 Å². The van der Waals surface area contributed by atoms with Gasteiger partial charge in [-0.05, 0) is 39.0 Å². The summed E-state index contributed by atoms with van der Waals surface area (Å²) in [6.07, 6.45) is -4.43. The normalized spacial score (nSPS) is 12.2. The number of hydrogen-bond donors (Lipinski definition) is 2. The van der Waals surface area contributed by atoms with Gasteiger partial charge in [0.1, 0.15) is 5.69 Å². The molecule has 0 unspecified atom stereocenters. The van der Waals surface area contributed by atoms with Gasteiger partial charge in [0, 0.05) is 5.54 Å². The van der Waals surface area contributed by atoms with E-state index in [9.17, 15) is 23.1 Å². The smallest absolute Gasteiger partial charge is 0.416 e. The summed E-state index contributed by atoms with van der Waals surface area (Å²) < 4.78 is 39.6. The molecule has 1 heterocycles. The minimum Gasteiger partial charge on any atom is -0.465 e. The minimum absolute atomic E-state index is 0.0928. The number of hydrogen-bond acceptors (Lipinski definition) is 3. The monoisotopic (exact) mass is 342 g/mol. The van der Waals surface area contributed by atoms with Crippen LogP contribution in [0, 0.1) is 0 Å². The lowest BCUT2D eigenvalue weighted by Gasteiger charge is -2.32. The second-order valence-electron chi connectivity index (χ2n) is 6.18. The molecule has 1 amide bonds. The highest BCUT2D eigenvalue weighted by Gasteiger charge is 2.32. The van der Waals surface area contributed by atoms with Gasteiger partial charge in [-0.3, -0.25) is 4.90 Å². The maximum Gasteiger partial charge on any atom is 0.416 e. The molecule has 0 radical (unpaired) electrons. The van der Waals surface area contributed by atoms with Crippen molar-refractivity contribution in [2.75, 3.05) is 10.6 Å². The van der Waals surface area contributed by atoms with Crippen LogP contribution in [-0.2, 0) is 6.18 Å². The number of anilines is 2. The predicted octanol–water partition coefficient (Wildman–Crippen LogP) is 3.76. The molecule has 2 aromatic rings. The van der Waals surface area contributed by atoms with Crippen molar-refractivity contribution in [1.82, 2.24) is 9.78 Å². The Hall–Kier alpha value is -2.71. The Morgan fingerprint density at radius 3 is 2.42 bits per heavy atom. The number of carboxylic acid groups (broad SMARTS) is 1. The molecule has 0 aliphatic carbocycles. The molecule has 3 N–H and O–H groups in total. The van der Waals surface area contributed by atoms with E-state index in [1.165, 1.54) is 18.3 Å². The Kier molecular flexibility index (Phi) is 4.21. The third kappa shape index (κ3) is 3.44. The number of halogens is 3. The zero-order valence-electron chi connectivity index (χ0n) is 13.3. The molecule has 130 valence electrons. The van der Waals surface area contributed by atoms with Gasteiger partial charge >= 0.3 is 12.3 Å². The molecule has 0 aliphatic heterocycles. The number of rotatable bonds is 2. The van der Waals surface area contributed by atoms with E-state index in [4.69, 9.17) is 5.73 Å². The van der Waals surface area contributed by atoms with Gasteiger partial charge in [0.15, 0.2) is 5.82 Å². The number of benzene rings is 1. The third-order valence-electron chi connectivity index (χ3n) is 3.26. The average molecular weight is 342 g/mol. The molecule has 0 bridgehead atoms. The van der Waals surface area contributed by atoms with Gasteiger partial charge in [0.05, 0.1) is 17.4 Å². The van der Waals surface area contributed by atoms with Crippen molar-refractivity contribution in [3.8, 4) is 5.69 Å². The summed E-state index contributed by atoms with van der Waals surface area (Å²) in [5.41, 5.74) is 4.37. The van der Waals surface area contributed by atoms with Gasteiger partial charge in [0.25, 0.3) is 0 Å². The van der Waals surface area contributed by atoms with Crippen molar-refractivity contribution in [3.63, 3.8) is 0 Å². The van der Waals surface area contributed by atoms with Gasteiger partial charge in [-0.1, -0.05) is 6.07 Å². The molecule has 24 heavy (non-hydrogen) atoms. The van der Waals surface area contributed by atoms with E-state index >= 15 is 0 Å². The maximum atomic E-state index is 12.8. The predicted molar refractivity (Wildman–Crippen MR) is 83.2 cm³/mol.